The molecular formula is C26H31N5O3S. The van der Waals surface area contributed by atoms with Crippen LogP contribution in [0, 0.1) is 6.92 Å². The Labute approximate surface area is 206 Å². The average molecular weight is 494 g/mol. The van der Waals surface area contributed by atoms with E-state index in [-0.39, 0.29) is 17.5 Å². The van der Waals surface area contributed by atoms with Gasteiger partial charge in [-0.1, -0.05) is 18.2 Å². The average Bonchev–Trinajstić information content (AvgIpc) is 3.42. The van der Waals surface area contributed by atoms with E-state index in [2.05, 4.69) is 20.2 Å². The fourth-order valence-electron chi connectivity index (χ4n) is 4.69. The van der Waals surface area contributed by atoms with E-state index in [4.69, 9.17) is 0 Å². The molecule has 5 rings (SSSR count). The van der Waals surface area contributed by atoms with Crippen molar-refractivity contribution in [1.82, 2.24) is 14.3 Å². The predicted molar refractivity (Wildman–Crippen MR) is 137 cm³/mol. The largest absolute Gasteiger partial charge is 0.390 e. The van der Waals surface area contributed by atoms with E-state index in [1.807, 2.05) is 49.5 Å². The molecule has 0 aliphatic carbocycles. The van der Waals surface area contributed by atoms with Gasteiger partial charge in [0.2, 0.25) is 10.0 Å². The summed E-state index contributed by atoms with van der Waals surface area (Å²) in [5.41, 5.74) is 2.92. The standard InChI is InChI=1S/C26H31N5O3S/c1-19-4-10-25(27-16-19)29-23-12-15-31(18-24(23)32)35(33,34)22-8-5-20(6-9-22)21-7-11-26(28-17-21)30-13-2-3-14-30/h4-11,16-17,23-24,32H,2-3,12-15,18H2,1H3,(H,27,29)/t23-,24+/m1/s1. The first-order valence-electron chi connectivity index (χ1n) is 12.1. The number of hydrogen-bond donors (Lipinski definition) is 2. The molecule has 0 unspecified atom stereocenters. The van der Waals surface area contributed by atoms with Gasteiger partial charge in [-0.2, -0.15) is 4.31 Å². The number of benzene rings is 1. The summed E-state index contributed by atoms with van der Waals surface area (Å²) in [5, 5.41) is 13.9. The molecule has 0 spiro atoms. The third-order valence-corrected chi connectivity index (χ3v) is 8.67. The number of anilines is 2. The van der Waals surface area contributed by atoms with Gasteiger partial charge in [0.25, 0.3) is 0 Å². The Morgan fingerprint density at radius 3 is 2.29 bits per heavy atom. The molecular weight excluding hydrogens is 462 g/mol. The molecule has 2 N–H and O–H groups in total. The van der Waals surface area contributed by atoms with E-state index in [1.165, 1.54) is 17.1 Å². The number of aliphatic hydroxyl groups is 1. The van der Waals surface area contributed by atoms with Crippen LogP contribution in [0.15, 0.2) is 65.8 Å². The Morgan fingerprint density at radius 2 is 1.66 bits per heavy atom. The highest BCUT2D eigenvalue weighted by Gasteiger charge is 2.34. The van der Waals surface area contributed by atoms with Crippen molar-refractivity contribution in [2.24, 2.45) is 0 Å². The summed E-state index contributed by atoms with van der Waals surface area (Å²) >= 11 is 0. The second-order valence-corrected chi connectivity index (χ2v) is 11.3. The van der Waals surface area contributed by atoms with Gasteiger partial charge in [-0.25, -0.2) is 18.4 Å². The molecule has 2 saturated heterocycles. The molecule has 2 aromatic heterocycles. The molecule has 1 aromatic carbocycles. The normalized spacial score (nSPS) is 21.3. The van der Waals surface area contributed by atoms with E-state index in [0.717, 1.165) is 35.6 Å². The Balaban J connectivity index is 1.24. The maximum Gasteiger partial charge on any atom is 0.243 e. The van der Waals surface area contributed by atoms with Gasteiger partial charge in [-0.05, 0) is 67.6 Å². The van der Waals surface area contributed by atoms with Gasteiger partial charge in [-0.15, -0.1) is 0 Å². The van der Waals surface area contributed by atoms with Crippen LogP contribution in [0.2, 0.25) is 0 Å². The van der Waals surface area contributed by atoms with Crippen LogP contribution in [0.3, 0.4) is 0 Å². The number of sulfonamides is 1. The van der Waals surface area contributed by atoms with Gasteiger partial charge < -0.3 is 15.3 Å². The second kappa shape index (κ2) is 9.93. The van der Waals surface area contributed by atoms with Crippen LogP contribution in [0.4, 0.5) is 11.6 Å². The molecule has 2 aliphatic heterocycles. The Bertz CT molecular complexity index is 1240. The number of pyridine rings is 2. The Hall–Kier alpha value is -3.01. The van der Waals surface area contributed by atoms with Gasteiger partial charge in [0.05, 0.1) is 17.0 Å². The molecule has 2 atom stereocenters. The van der Waals surface area contributed by atoms with Crippen LogP contribution in [0.1, 0.15) is 24.8 Å². The first-order chi connectivity index (χ1) is 16.9. The van der Waals surface area contributed by atoms with Crippen LogP contribution < -0.4 is 10.2 Å². The molecule has 0 amide bonds. The first-order valence-corrected chi connectivity index (χ1v) is 13.5. The fraction of sp³-hybridized carbons (Fsp3) is 0.385. The van der Waals surface area contributed by atoms with Gasteiger partial charge in [0.1, 0.15) is 11.6 Å². The van der Waals surface area contributed by atoms with Crippen LogP contribution >= 0.6 is 0 Å². The maximum atomic E-state index is 13.2. The van der Waals surface area contributed by atoms with E-state index in [9.17, 15) is 13.5 Å². The highest BCUT2D eigenvalue weighted by atomic mass is 32.2. The van der Waals surface area contributed by atoms with Gasteiger partial charge >= 0.3 is 0 Å². The smallest absolute Gasteiger partial charge is 0.243 e. The molecule has 4 heterocycles. The van der Waals surface area contributed by atoms with Crippen molar-refractivity contribution in [3.8, 4) is 11.1 Å². The lowest BCUT2D eigenvalue weighted by atomic mass is 10.0. The summed E-state index contributed by atoms with van der Waals surface area (Å²) in [6, 6.07) is 14.5. The van der Waals surface area contributed by atoms with Crippen LogP contribution in [0.5, 0.6) is 0 Å². The van der Waals surface area contributed by atoms with Crippen molar-refractivity contribution < 1.29 is 13.5 Å². The van der Waals surface area contributed by atoms with Gasteiger partial charge in [0.15, 0.2) is 0 Å². The third kappa shape index (κ3) is 5.17. The Morgan fingerprint density at radius 1 is 0.914 bits per heavy atom. The minimum atomic E-state index is -3.71. The van der Waals surface area contributed by atoms with Crippen molar-refractivity contribution in [1.29, 1.82) is 0 Å². The molecule has 9 heteroatoms. The number of piperidine rings is 1. The van der Waals surface area contributed by atoms with Gasteiger partial charge in [-0.3, -0.25) is 0 Å². The van der Waals surface area contributed by atoms with E-state index >= 15 is 0 Å². The third-order valence-electron chi connectivity index (χ3n) is 6.79. The topological polar surface area (TPSA) is 98.7 Å². The quantitative estimate of drug-likeness (QED) is 0.544. The zero-order valence-electron chi connectivity index (χ0n) is 19.8. The first kappa shape index (κ1) is 23.7. The number of aliphatic hydroxyl groups excluding tert-OH is 1. The molecule has 0 bridgehead atoms. The molecule has 8 nitrogen and oxygen atoms in total. The summed E-state index contributed by atoms with van der Waals surface area (Å²) in [5.74, 6) is 1.66. The summed E-state index contributed by atoms with van der Waals surface area (Å²) in [7, 11) is -3.71. The summed E-state index contributed by atoms with van der Waals surface area (Å²) in [6.45, 7) is 4.42. The molecule has 184 valence electrons. The van der Waals surface area contributed by atoms with Gasteiger partial charge in [0, 0.05) is 44.1 Å². The predicted octanol–water partition coefficient (Wildman–Crippen LogP) is 3.29. The van der Waals surface area contributed by atoms with Crippen LogP contribution in [0.25, 0.3) is 11.1 Å². The lowest BCUT2D eigenvalue weighted by molar-refractivity contribution is 0.0949. The SMILES string of the molecule is Cc1ccc(N[C@@H]2CCN(S(=O)(=O)c3ccc(-c4ccc(N5CCCC5)nc4)cc3)C[C@@H]2O)nc1. The molecule has 35 heavy (non-hydrogen) atoms. The highest BCUT2D eigenvalue weighted by molar-refractivity contribution is 7.89. The van der Waals surface area contributed by atoms with E-state index in [1.54, 1.807) is 18.3 Å². The monoisotopic (exact) mass is 493 g/mol. The minimum absolute atomic E-state index is 0.0372. The van der Waals surface area contributed by atoms with E-state index < -0.39 is 16.1 Å². The van der Waals surface area contributed by atoms with Crippen molar-refractivity contribution >= 4 is 21.7 Å². The maximum absolute atomic E-state index is 13.2. The second-order valence-electron chi connectivity index (χ2n) is 9.31. The highest BCUT2D eigenvalue weighted by Crippen LogP contribution is 2.27. The summed E-state index contributed by atoms with van der Waals surface area (Å²) < 4.78 is 27.8. The number of aromatic nitrogens is 2. The summed E-state index contributed by atoms with van der Waals surface area (Å²) in [6.07, 6.45) is 5.66. The van der Waals surface area contributed by atoms with Crippen LogP contribution in [-0.4, -0.2) is 66.1 Å². The molecule has 3 aromatic rings. The zero-order chi connectivity index (χ0) is 24.4. The number of aryl methyl sites for hydroxylation is 1. The Kier molecular flexibility index (Phi) is 6.73. The van der Waals surface area contributed by atoms with Crippen molar-refractivity contribution in [2.45, 2.75) is 43.2 Å². The summed E-state index contributed by atoms with van der Waals surface area (Å²) in [4.78, 5) is 11.4. The number of nitrogens with zero attached hydrogens (tertiary/aromatic N) is 4. The molecule has 2 aliphatic rings. The molecule has 2 fully saturated rings. The molecule has 0 saturated carbocycles. The molecule has 0 radical (unpaired) electrons. The van der Waals surface area contributed by atoms with Crippen molar-refractivity contribution in [2.75, 3.05) is 36.4 Å². The van der Waals surface area contributed by atoms with Crippen molar-refractivity contribution in [3.05, 3.63) is 66.5 Å². The number of hydrogen-bond acceptors (Lipinski definition) is 7. The fourth-order valence-corrected chi connectivity index (χ4v) is 6.16. The lowest BCUT2D eigenvalue weighted by Crippen LogP contribution is -2.51. The number of β-amino-alcohol motifs (C(OH)–C–C–N with tert-alkyl or cyclic N) is 1. The van der Waals surface area contributed by atoms with Crippen LogP contribution in [-0.2, 0) is 10.0 Å². The number of rotatable bonds is 6. The zero-order valence-corrected chi connectivity index (χ0v) is 20.7. The lowest BCUT2D eigenvalue weighted by Gasteiger charge is -2.35. The number of nitrogens with one attached hydrogen (secondary N) is 1. The van der Waals surface area contributed by atoms with Crippen molar-refractivity contribution in [3.63, 3.8) is 0 Å². The van der Waals surface area contributed by atoms with E-state index in [0.29, 0.717) is 18.8 Å². The minimum Gasteiger partial charge on any atom is -0.390 e.